The first-order chi connectivity index (χ1) is 5.18. The Morgan fingerprint density at radius 2 is 2.36 bits per heavy atom. The maximum absolute atomic E-state index is 10.8. The van der Waals surface area contributed by atoms with E-state index in [0.29, 0.717) is 19.8 Å². The molecule has 0 bridgehead atoms. The fourth-order valence-corrected chi connectivity index (χ4v) is 0.560. The summed E-state index contributed by atoms with van der Waals surface area (Å²) in [5.74, 6) is 0. The zero-order valence-corrected chi connectivity index (χ0v) is 7.73. The first-order valence-electron chi connectivity index (χ1n) is 3.46. The van der Waals surface area contributed by atoms with Crippen LogP contribution in [0, 0.1) is 0 Å². The lowest BCUT2D eigenvalue weighted by Gasteiger charge is -2.09. The molecule has 1 N–H and O–H groups in total. The van der Waals surface area contributed by atoms with Gasteiger partial charge in [0.1, 0.15) is 0 Å². The minimum atomic E-state index is -0.215. The molecule has 0 aromatic rings. The van der Waals surface area contributed by atoms with Crippen LogP contribution in [-0.2, 0) is 4.74 Å². The molecule has 0 radical (unpaired) electrons. The van der Waals surface area contributed by atoms with Crippen LogP contribution in [0.15, 0.2) is 0 Å². The minimum Gasteiger partial charge on any atom is -0.380 e. The SMILES string of the molecule is CCOCCNC(=O)N(C)S. The number of amides is 2. The maximum atomic E-state index is 10.8. The fourth-order valence-electron chi connectivity index (χ4n) is 0.489. The van der Waals surface area contributed by atoms with Crippen LogP contribution >= 0.6 is 12.8 Å². The molecule has 0 aliphatic rings. The van der Waals surface area contributed by atoms with Gasteiger partial charge in [-0.2, -0.15) is 0 Å². The molecule has 0 heterocycles. The van der Waals surface area contributed by atoms with Gasteiger partial charge in [0, 0.05) is 20.2 Å². The Morgan fingerprint density at radius 3 is 2.82 bits per heavy atom. The molecule has 0 saturated carbocycles. The van der Waals surface area contributed by atoms with E-state index in [1.807, 2.05) is 6.92 Å². The summed E-state index contributed by atoms with van der Waals surface area (Å²) in [7, 11) is 1.57. The van der Waals surface area contributed by atoms with Crippen molar-refractivity contribution in [2.24, 2.45) is 0 Å². The third kappa shape index (κ3) is 6.00. The van der Waals surface area contributed by atoms with Crippen LogP contribution in [0.1, 0.15) is 6.92 Å². The molecule has 4 nitrogen and oxygen atoms in total. The van der Waals surface area contributed by atoms with E-state index >= 15 is 0 Å². The second-order valence-electron chi connectivity index (χ2n) is 1.95. The highest BCUT2D eigenvalue weighted by atomic mass is 32.1. The fraction of sp³-hybridized carbons (Fsp3) is 0.833. The largest absolute Gasteiger partial charge is 0.380 e. The summed E-state index contributed by atoms with van der Waals surface area (Å²) in [6.07, 6.45) is 0. The molecule has 0 aliphatic carbocycles. The molecule has 66 valence electrons. The number of ether oxygens (including phenoxy) is 1. The monoisotopic (exact) mass is 178 g/mol. The molecule has 0 spiro atoms. The van der Waals surface area contributed by atoms with Gasteiger partial charge in [-0.3, -0.25) is 4.31 Å². The van der Waals surface area contributed by atoms with Crippen molar-refractivity contribution in [1.29, 1.82) is 0 Å². The van der Waals surface area contributed by atoms with Crippen molar-refractivity contribution in [2.75, 3.05) is 26.8 Å². The number of urea groups is 1. The second kappa shape index (κ2) is 6.30. The second-order valence-corrected chi connectivity index (χ2v) is 2.55. The summed E-state index contributed by atoms with van der Waals surface area (Å²) < 4.78 is 6.19. The van der Waals surface area contributed by atoms with Gasteiger partial charge in [-0.1, -0.05) is 12.8 Å². The number of carbonyl (C=O) groups is 1. The smallest absolute Gasteiger partial charge is 0.327 e. The Kier molecular flexibility index (Phi) is 6.06. The summed E-state index contributed by atoms with van der Waals surface area (Å²) >= 11 is 3.80. The topological polar surface area (TPSA) is 41.6 Å². The van der Waals surface area contributed by atoms with Gasteiger partial charge in [-0.25, -0.2) is 4.79 Å². The van der Waals surface area contributed by atoms with Crippen LogP contribution in [0.4, 0.5) is 4.79 Å². The minimum absolute atomic E-state index is 0.215. The van der Waals surface area contributed by atoms with Crippen molar-refractivity contribution in [2.45, 2.75) is 6.92 Å². The third-order valence-corrected chi connectivity index (χ3v) is 1.20. The van der Waals surface area contributed by atoms with Gasteiger partial charge in [-0.05, 0) is 6.92 Å². The van der Waals surface area contributed by atoms with Gasteiger partial charge in [0.25, 0.3) is 0 Å². The molecular formula is C6H14N2O2S. The summed E-state index contributed by atoms with van der Waals surface area (Å²) in [5.41, 5.74) is 0. The van der Waals surface area contributed by atoms with E-state index in [1.54, 1.807) is 7.05 Å². The highest BCUT2D eigenvalue weighted by molar-refractivity contribution is 7.78. The van der Waals surface area contributed by atoms with Crippen LogP contribution < -0.4 is 5.32 Å². The van der Waals surface area contributed by atoms with E-state index < -0.39 is 0 Å². The average molecular weight is 178 g/mol. The lowest BCUT2D eigenvalue weighted by Crippen LogP contribution is -2.33. The van der Waals surface area contributed by atoms with E-state index in [-0.39, 0.29) is 6.03 Å². The van der Waals surface area contributed by atoms with Crippen LogP contribution in [0.5, 0.6) is 0 Å². The molecule has 0 saturated heterocycles. The summed E-state index contributed by atoms with van der Waals surface area (Å²) in [5, 5.41) is 2.60. The number of nitrogens with zero attached hydrogens (tertiary/aromatic N) is 1. The Bertz CT molecular complexity index is 119. The molecule has 0 rings (SSSR count). The highest BCUT2D eigenvalue weighted by Crippen LogP contribution is 1.85. The molecule has 2 amide bonds. The zero-order chi connectivity index (χ0) is 8.69. The predicted octanol–water partition coefficient (Wildman–Crippen LogP) is 0.509. The highest BCUT2D eigenvalue weighted by Gasteiger charge is 2.00. The van der Waals surface area contributed by atoms with E-state index in [2.05, 4.69) is 18.1 Å². The molecule has 0 atom stereocenters. The standard InChI is InChI=1S/C6H14N2O2S/c1-3-10-5-4-7-6(9)8(2)11/h11H,3-5H2,1-2H3,(H,7,9). The van der Waals surface area contributed by atoms with Crippen molar-refractivity contribution in [3.05, 3.63) is 0 Å². The summed E-state index contributed by atoms with van der Waals surface area (Å²) in [6, 6.07) is -0.215. The molecular weight excluding hydrogens is 164 g/mol. The van der Waals surface area contributed by atoms with Gasteiger partial charge >= 0.3 is 6.03 Å². The van der Waals surface area contributed by atoms with Crippen LogP contribution in [0.25, 0.3) is 0 Å². The van der Waals surface area contributed by atoms with Crippen molar-refractivity contribution < 1.29 is 9.53 Å². The van der Waals surface area contributed by atoms with Gasteiger partial charge in [0.05, 0.1) is 6.61 Å². The van der Waals surface area contributed by atoms with Crippen molar-refractivity contribution in [3.8, 4) is 0 Å². The lowest BCUT2D eigenvalue weighted by molar-refractivity contribution is 0.148. The van der Waals surface area contributed by atoms with Gasteiger partial charge in [0.2, 0.25) is 0 Å². The molecule has 5 heteroatoms. The average Bonchev–Trinajstić information content (AvgIpc) is 1.97. The number of rotatable bonds is 4. The van der Waals surface area contributed by atoms with Crippen molar-refractivity contribution >= 4 is 18.8 Å². The number of carbonyl (C=O) groups excluding carboxylic acids is 1. The van der Waals surface area contributed by atoms with E-state index in [0.717, 1.165) is 0 Å². The van der Waals surface area contributed by atoms with Gasteiger partial charge < -0.3 is 10.1 Å². The molecule has 0 aromatic heterocycles. The molecule has 0 fully saturated rings. The van der Waals surface area contributed by atoms with Crippen molar-refractivity contribution in [1.82, 2.24) is 9.62 Å². The van der Waals surface area contributed by atoms with E-state index in [9.17, 15) is 4.79 Å². The van der Waals surface area contributed by atoms with Gasteiger partial charge in [-0.15, -0.1) is 0 Å². The summed E-state index contributed by atoms with van der Waals surface area (Å²) in [6.45, 7) is 3.65. The number of hydrogen-bond donors (Lipinski definition) is 2. The van der Waals surface area contributed by atoms with Crippen molar-refractivity contribution in [3.63, 3.8) is 0 Å². The molecule has 0 unspecified atom stereocenters. The molecule has 0 aromatic carbocycles. The van der Waals surface area contributed by atoms with Crippen LogP contribution in [0.3, 0.4) is 0 Å². The van der Waals surface area contributed by atoms with E-state index in [1.165, 1.54) is 4.31 Å². The Balaban J connectivity index is 3.18. The first kappa shape index (κ1) is 10.6. The van der Waals surface area contributed by atoms with Gasteiger partial charge in [0.15, 0.2) is 0 Å². The Hall–Kier alpha value is -0.420. The third-order valence-electron chi connectivity index (χ3n) is 1.02. The van der Waals surface area contributed by atoms with Crippen LogP contribution in [0.2, 0.25) is 0 Å². The normalized spacial score (nSPS) is 9.36. The lowest BCUT2D eigenvalue weighted by atomic mass is 10.6. The molecule has 11 heavy (non-hydrogen) atoms. The molecule has 0 aliphatic heterocycles. The number of thiol groups is 1. The summed E-state index contributed by atoms with van der Waals surface area (Å²) in [4.78, 5) is 10.8. The predicted molar refractivity (Wildman–Crippen MR) is 46.6 cm³/mol. The Morgan fingerprint density at radius 1 is 1.73 bits per heavy atom. The number of nitrogens with one attached hydrogen (secondary N) is 1. The first-order valence-corrected chi connectivity index (χ1v) is 3.86. The van der Waals surface area contributed by atoms with Crippen LogP contribution in [-0.4, -0.2) is 37.1 Å². The van der Waals surface area contributed by atoms with E-state index in [4.69, 9.17) is 4.74 Å². The zero-order valence-electron chi connectivity index (χ0n) is 6.83. The Labute approximate surface area is 72.4 Å². The maximum Gasteiger partial charge on any atom is 0.327 e. The quantitative estimate of drug-likeness (QED) is 0.486. The number of hydrogen-bond acceptors (Lipinski definition) is 3.